The molecular formula is C6H11O2Ru. The molecule has 0 atom stereocenters. The van der Waals surface area contributed by atoms with E-state index in [2.05, 4.69) is 0 Å². The monoisotopic (exact) mass is 217 g/mol. The van der Waals surface area contributed by atoms with E-state index in [1.165, 1.54) is 0 Å². The van der Waals surface area contributed by atoms with Gasteiger partial charge >= 0.3 is 0 Å². The zero-order chi connectivity index (χ0) is 6.62. The number of hydrogen-bond acceptors (Lipinski definition) is 2. The van der Waals surface area contributed by atoms with Crippen LogP contribution in [-0.4, -0.2) is 18.5 Å². The first-order valence-electron chi connectivity index (χ1n) is 2.55. The topological polar surface area (TPSA) is 26.3 Å². The first-order valence-corrected chi connectivity index (χ1v) is 2.55. The minimum atomic E-state index is -0.211. The molecule has 2 nitrogen and oxygen atoms in total. The molecule has 0 saturated carbocycles. The molecule has 0 aromatic carbocycles. The van der Waals surface area contributed by atoms with Crippen molar-refractivity contribution in [2.24, 2.45) is 0 Å². The summed E-state index contributed by atoms with van der Waals surface area (Å²) in [5, 5.41) is 0. The van der Waals surface area contributed by atoms with Gasteiger partial charge in [-0.25, -0.2) is 0 Å². The van der Waals surface area contributed by atoms with E-state index in [1.807, 2.05) is 20.8 Å². The van der Waals surface area contributed by atoms with Crippen molar-refractivity contribution >= 4 is 6.29 Å². The number of hydrogen-bond donors (Lipinski definition) is 0. The molecular weight excluding hydrogens is 205 g/mol. The van der Waals surface area contributed by atoms with Crippen LogP contribution in [0.1, 0.15) is 20.8 Å². The van der Waals surface area contributed by atoms with Crippen LogP contribution in [0.3, 0.4) is 0 Å². The SMILES string of the molecule is CC(C)(C)OC[C]=O.[Ru]. The molecule has 0 heterocycles. The molecule has 0 rings (SSSR count). The van der Waals surface area contributed by atoms with E-state index in [4.69, 9.17) is 4.74 Å². The normalized spacial score (nSPS) is 10.1. The van der Waals surface area contributed by atoms with E-state index in [1.54, 1.807) is 6.29 Å². The molecule has 0 aliphatic rings. The quantitative estimate of drug-likeness (QED) is 0.641. The fourth-order valence-corrected chi connectivity index (χ4v) is 0.246. The molecule has 0 aromatic heterocycles. The summed E-state index contributed by atoms with van der Waals surface area (Å²) < 4.78 is 4.95. The van der Waals surface area contributed by atoms with Crippen molar-refractivity contribution in [2.75, 3.05) is 6.61 Å². The summed E-state index contributed by atoms with van der Waals surface area (Å²) in [6.07, 6.45) is 1.65. The van der Waals surface area contributed by atoms with Crippen LogP contribution in [0.25, 0.3) is 0 Å². The molecule has 0 aliphatic heterocycles. The predicted molar refractivity (Wildman–Crippen MR) is 31.4 cm³/mol. The Morgan fingerprint density at radius 1 is 1.44 bits per heavy atom. The molecule has 0 saturated heterocycles. The Morgan fingerprint density at radius 3 is 2.00 bits per heavy atom. The summed E-state index contributed by atoms with van der Waals surface area (Å²) in [7, 11) is 0. The number of rotatable bonds is 2. The zero-order valence-corrected chi connectivity index (χ0v) is 7.62. The maximum atomic E-state index is 9.60. The molecule has 0 aromatic rings. The van der Waals surface area contributed by atoms with Crippen LogP contribution in [0.4, 0.5) is 0 Å². The van der Waals surface area contributed by atoms with Crippen LogP contribution in [0, 0.1) is 0 Å². The van der Waals surface area contributed by atoms with Gasteiger partial charge in [-0.3, -0.25) is 4.79 Å². The van der Waals surface area contributed by atoms with Crippen LogP contribution in [-0.2, 0) is 29.0 Å². The average Bonchev–Trinajstić information content (AvgIpc) is 1.59. The minimum absolute atomic E-state index is 0. The van der Waals surface area contributed by atoms with Crippen LogP contribution in [0.2, 0.25) is 0 Å². The van der Waals surface area contributed by atoms with Crippen molar-refractivity contribution in [1.29, 1.82) is 0 Å². The average molecular weight is 216 g/mol. The molecule has 0 N–H and O–H groups in total. The Balaban J connectivity index is 0. The fourth-order valence-electron chi connectivity index (χ4n) is 0.246. The smallest absolute Gasteiger partial charge is 0.226 e. The first-order chi connectivity index (χ1) is 3.56. The summed E-state index contributed by atoms with van der Waals surface area (Å²) in [6, 6.07) is 0. The van der Waals surface area contributed by atoms with Crippen molar-refractivity contribution in [3.05, 3.63) is 0 Å². The van der Waals surface area contributed by atoms with Gasteiger partial charge in [0, 0.05) is 19.5 Å². The van der Waals surface area contributed by atoms with Gasteiger partial charge in [-0.1, -0.05) is 0 Å². The summed E-state index contributed by atoms with van der Waals surface area (Å²) in [6.45, 7) is 5.75. The van der Waals surface area contributed by atoms with Gasteiger partial charge in [0.05, 0.1) is 5.60 Å². The summed E-state index contributed by atoms with van der Waals surface area (Å²) in [4.78, 5) is 9.60. The molecule has 0 amide bonds. The van der Waals surface area contributed by atoms with E-state index in [0.717, 1.165) is 0 Å². The third kappa shape index (κ3) is 11.7. The Bertz CT molecular complexity index is 75.6. The number of ether oxygens (including phenoxy) is 1. The Labute approximate surface area is 68.7 Å². The van der Waals surface area contributed by atoms with Gasteiger partial charge in [0.25, 0.3) is 0 Å². The zero-order valence-electron chi connectivity index (χ0n) is 5.88. The van der Waals surface area contributed by atoms with Crippen LogP contribution in [0.5, 0.6) is 0 Å². The number of carbonyl (C=O) groups excluding carboxylic acids is 1. The van der Waals surface area contributed by atoms with Crippen molar-refractivity contribution in [2.45, 2.75) is 26.4 Å². The molecule has 3 heteroatoms. The molecule has 0 fully saturated rings. The van der Waals surface area contributed by atoms with Gasteiger partial charge in [-0.2, -0.15) is 0 Å². The minimum Gasteiger partial charge on any atom is -0.368 e. The molecule has 9 heavy (non-hydrogen) atoms. The van der Waals surface area contributed by atoms with Crippen LogP contribution < -0.4 is 0 Å². The Hall–Kier alpha value is 0.253. The van der Waals surface area contributed by atoms with E-state index < -0.39 is 0 Å². The second-order valence-electron chi connectivity index (χ2n) is 2.55. The summed E-state index contributed by atoms with van der Waals surface area (Å²) >= 11 is 0. The largest absolute Gasteiger partial charge is 0.368 e. The van der Waals surface area contributed by atoms with Crippen LogP contribution in [0.15, 0.2) is 0 Å². The van der Waals surface area contributed by atoms with Crippen molar-refractivity contribution in [3.63, 3.8) is 0 Å². The summed E-state index contributed by atoms with van der Waals surface area (Å²) in [5.74, 6) is 0. The molecule has 0 unspecified atom stereocenters. The second-order valence-corrected chi connectivity index (χ2v) is 2.55. The van der Waals surface area contributed by atoms with Gasteiger partial charge < -0.3 is 4.74 Å². The summed E-state index contributed by atoms with van der Waals surface area (Å²) in [5.41, 5.74) is -0.211. The Kier molecular flexibility index (Phi) is 6.75. The third-order valence-corrected chi connectivity index (χ3v) is 0.564. The van der Waals surface area contributed by atoms with Gasteiger partial charge in [0.15, 0.2) is 0 Å². The first kappa shape index (κ1) is 12.0. The van der Waals surface area contributed by atoms with E-state index in [9.17, 15) is 4.79 Å². The van der Waals surface area contributed by atoms with Crippen molar-refractivity contribution < 1.29 is 29.0 Å². The molecule has 0 bridgehead atoms. The van der Waals surface area contributed by atoms with E-state index in [-0.39, 0.29) is 31.7 Å². The fraction of sp³-hybridized carbons (Fsp3) is 0.833. The molecule has 55 valence electrons. The van der Waals surface area contributed by atoms with Gasteiger partial charge in [0.2, 0.25) is 6.29 Å². The Morgan fingerprint density at radius 2 is 1.89 bits per heavy atom. The molecule has 0 aliphatic carbocycles. The van der Waals surface area contributed by atoms with Gasteiger partial charge in [-0.05, 0) is 20.8 Å². The van der Waals surface area contributed by atoms with Crippen molar-refractivity contribution in [3.8, 4) is 0 Å². The molecule has 0 spiro atoms. The standard InChI is InChI=1S/C6H11O2.Ru/c1-6(2,3)8-5-4-7;/h5H2,1-3H3;. The van der Waals surface area contributed by atoms with Crippen LogP contribution >= 0.6 is 0 Å². The third-order valence-electron chi connectivity index (χ3n) is 0.564. The predicted octanol–water partition coefficient (Wildman–Crippen LogP) is 0.909. The maximum absolute atomic E-state index is 9.60. The molecule has 1 radical (unpaired) electrons. The van der Waals surface area contributed by atoms with E-state index >= 15 is 0 Å². The maximum Gasteiger partial charge on any atom is 0.226 e. The van der Waals surface area contributed by atoms with Gasteiger partial charge in [-0.15, -0.1) is 0 Å². The second kappa shape index (κ2) is 5.07. The van der Waals surface area contributed by atoms with Crippen molar-refractivity contribution in [1.82, 2.24) is 0 Å². The van der Waals surface area contributed by atoms with E-state index in [0.29, 0.717) is 0 Å². The van der Waals surface area contributed by atoms with Gasteiger partial charge in [0.1, 0.15) is 6.61 Å².